The van der Waals surface area contributed by atoms with Crippen molar-refractivity contribution in [2.24, 2.45) is 0 Å². The molecule has 1 aliphatic heterocycles. The highest BCUT2D eigenvalue weighted by Gasteiger charge is 2.37. The molecule has 0 aromatic heterocycles. The number of hydrogen-bond acceptors (Lipinski definition) is 4. The highest BCUT2D eigenvalue weighted by atomic mass is 35.5. The van der Waals surface area contributed by atoms with Gasteiger partial charge in [-0.25, -0.2) is 0 Å². The summed E-state index contributed by atoms with van der Waals surface area (Å²) >= 11 is 13.1. The number of thioether (sulfide) groups is 1. The van der Waals surface area contributed by atoms with Crippen LogP contribution in [0.5, 0.6) is 5.75 Å². The summed E-state index contributed by atoms with van der Waals surface area (Å²) in [7, 11) is 0. The van der Waals surface area contributed by atoms with Gasteiger partial charge in [-0.3, -0.25) is 9.69 Å². The normalized spacial score (nSPS) is 19.2. The van der Waals surface area contributed by atoms with Crippen LogP contribution in [0, 0.1) is 0 Å². The summed E-state index contributed by atoms with van der Waals surface area (Å²) in [4.78, 5) is 15.5. The zero-order valence-electron chi connectivity index (χ0n) is 16.0. The zero-order chi connectivity index (χ0) is 20.2. The van der Waals surface area contributed by atoms with E-state index in [-0.39, 0.29) is 11.9 Å². The molecule has 6 heteroatoms. The summed E-state index contributed by atoms with van der Waals surface area (Å²) in [5.74, 6) is 0.774. The van der Waals surface area contributed by atoms with Gasteiger partial charge in [-0.05, 0) is 42.7 Å². The van der Waals surface area contributed by atoms with Crippen molar-refractivity contribution in [3.63, 3.8) is 0 Å². The molecule has 2 aromatic rings. The van der Waals surface area contributed by atoms with Gasteiger partial charge in [-0.1, -0.05) is 85.2 Å². The van der Waals surface area contributed by atoms with Crippen molar-refractivity contribution in [1.29, 1.82) is 0 Å². The molecule has 0 unspecified atom stereocenters. The van der Waals surface area contributed by atoms with Crippen LogP contribution in [0.15, 0.2) is 53.4 Å². The lowest BCUT2D eigenvalue weighted by Gasteiger charge is -2.29. The Bertz CT molecular complexity index is 953. The predicted molar refractivity (Wildman–Crippen MR) is 124 cm³/mol. The Morgan fingerprint density at radius 1 is 1.14 bits per heavy atom. The number of carbonyl (C=O) groups is 1. The molecule has 2 aromatic carbocycles. The fourth-order valence-corrected chi connectivity index (χ4v) is 5.35. The Labute approximate surface area is 186 Å². The van der Waals surface area contributed by atoms with E-state index in [1.165, 1.54) is 31.0 Å². The number of nitrogens with zero attached hydrogens (tertiary/aromatic N) is 1. The van der Waals surface area contributed by atoms with E-state index < -0.39 is 0 Å². The molecule has 1 heterocycles. The minimum absolute atomic E-state index is 0.0364. The summed E-state index contributed by atoms with van der Waals surface area (Å²) in [5, 5.41) is 0.690. The van der Waals surface area contributed by atoms with Gasteiger partial charge in [0.05, 0.1) is 4.91 Å². The third-order valence-electron chi connectivity index (χ3n) is 5.27. The average Bonchev–Trinajstić information content (AvgIpc) is 3.01. The first kappa shape index (κ1) is 20.5. The maximum Gasteiger partial charge on any atom is 0.266 e. The second kappa shape index (κ2) is 9.33. The lowest BCUT2D eigenvalue weighted by atomic mass is 9.94. The lowest BCUT2D eigenvalue weighted by Crippen LogP contribution is -2.39. The molecule has 150 valence electrons. The SMILES string of the molecule is O=C1/C(=C/c2cccc(OCc3ccccc3Cl)c2)SC(=S)N1C1CCCCC1. The Balaban J connectivity index is 1.47. The van der Waals surface area contributed by atoms with Crippen LogP contribution in [0.3, 0.4) is 0 Å². The van der Waals surface area contributed by atoms with Crippen LogP contribution in [-0.2, 0) is 11.4 Å². The summed E-state index contributed by atoms with van der Waals surface area (Å²) in [6.07, 6.45) is 7.60. The fraction of sp³-hybridized carbons (Fsp3) is 0.304. The topological polar surface area (TPSA) is 29.5 Å². The predicted octanol–water partition coefficient (Wildman–Crippen LogP) is 6.45. The monoisotopic (exact) mass is 443 g/mol. The van der Waals surface area contributed by atoms with Crippen LogP contribution in [0.25, 0.3) is 6.08 Å². The van der Waals surface area contributed by atoms with Crippen LogP contribution in [-0.4, -0.2) is 21.2 Å². The van der Waals surface area contributed by atoms with Gasteiger partial charge >= 0.3 is 0 Å². The first-order valence-electron chi connectivity index (χ1n) is 9.85. The van der Waals surface area contributed by atoms with Crippen LogP contribution in [0.4, 0.5) is 0 Å². The number of thiocarbonyl (C=S) groups is 1. The fourth-order valence-electron chi connectivity index (χ4n) is 3.76. The van der Waals surface area contributed by atoms with Crippen LogP contribution < -0.4 is 4.74 Å². The smallest absolute Gasteiger partial charge is 0.266 e. The molecule has 0 radical (unpaired) electrons. The van der Waals surface area contributed by atoms with Gasteiger partial charge in [0.2, 0.25) is 0 Å². The molecule has 2 fully saturated rings. The van der Waals surface area contributed by atoms with Gasteiger partial charge in [0, 0.05) is 16.6 Å². The molecule has 0 spiro atoms. The van der Waals surface area contributed by atoms with Crippen molar-refractivity contribution in [3.8, 4) is 5.75 Å². The highest BCUT2D eigenvalue weighted by Crippen LogP contribution is 2.37. The van der Waals surface area contributed by atoms with Crippen LogP contribution in [0.2, 0.25) is 5.02 Å². The Kier molecular flexibility index (Phi) is 6.58. The van der Waals surface area contributed by atoms with E-state index >= 15 is 0 Å². The van der Waals surface area contributed by atoms with Gasteiger partial charge in [0.15, 0.2) is 0 Å². The quantitative estimate of drug-likeness (QED) is 0.392. The molecule has 2 aliphatic rings. The first-order valence-corrected chi connectivity index (χ1v) is 11.5. The van der Waals surface area contributed by atoms with E-state index in [0.29, 0.717) is 20.9 Å². The van der Waals surface area contributed by atoms with Gasteiger partial charge in [0.25, 0.3) is 5.91 Å². The van der Waals surface area contributed by atoms with Crippen molar-refractivity contribution in [3.05, 3.63) is 69.6 Å². The van der Waals surface area contributed by atoms with Crippen molar-refractivity contribution in [2.45, 2.75) is 44.8 Å². The maximum atomic E-state index is 13.0. The molecule has 0 atom stereocenters. The average molecular weight is 444 g/mol. The number of amides is 1. The molecule has 0 N–H and O–H groups in total. The molecule has 3 nitrogen and oxygen atoms in total. The summed E-state index contributed by atoms with van der Waals surface area (Å²) in [6.45, 7) is 0.396. The summed E-state index contributed by atoms with van der Waals surface area (Å²) in [5.41, 5.74) is 1.86. The maximum absolute atomic E-state index is 13.0. The van der Waals surface area contributed by atoms with Gasteiger partial charge in [-0.2, -0.15) is 0 Å². The van der Waals surface area contributed by atoms with E-state index in [4.69, 9.17) is 28.6 Å². The standard InChI is InChI=1S/C23H22ClNO2S2/c24-20-12-5-4-8-17(20)15-27-19-11-6-7-16(13-19)14-21-22(26)25(23(28)29-21)18-9-2-1-3-10-18/h4-8,11-14,18H,1-3,9-10,15H2/b21-14-. The molecule has 1 aliphatic carbocycles. The number of hydrogen-bond donors (Lipinski definition) is 0. The molecule has 29 heavy (non-hydrogen) atoms. The molecular formula is C23H22ClNO2S2. The highest BCUT2D eigenvalue weighted by molar-refractivity contribution is 8.26. The van der Waals surface area contributed by atoms with E-state index in [2.05, 4.69) is 0 Å². The minimum atomic E-state index is 0.0364. The number of benzene rings is 2. The second-order valence-corrected chi connectivity index (χ2v) is 9.38. The molecule has 1 amide bonds. The minimum Gasteiger partial charge on any atom is -0.489 e. The summed E-state index contributed by atoms with van der Waals surface area (Å²) < 4.78 is 6.58. The third kappa shape index (κ3) is 4.85. The van der Waals surface area contributed by atoms with Crippen LogP contribution >= 0.6 is 35.6 Å². The summed E-state index contributed by atoms with van der Waals surface area (Å²) in [6, 6.07) is 15.6. The number of carbonyl (C=O) groups excluding carboxylic acids is 1. The molecule has 4 rings (SSSR count). The molecule has 0 bridgehead atoms. The van der Waals surface area contributed by atoms with Crippen molar-refractivity contribution in [1.82, 2.24) is 4.90 Å². The zero-order valence-corrected chi connectivity index (χ0v) is 18.4. The Morgan fingerprint density at radius 2 is 1.93 bits per heavy atom. The molecule has 1 saturated heterocycles. The largest absolute Gasteiger partial charge is 0.489 e. The number of ether oxygens (including phenoxy) is 1. The van der Waals surface area contributed by atoms with Crippen molar-refractivity contribution < 1.29 is 9.53 Å². The van der Waals surface area contributed by atoms with Crippen LogP contribution in [0.1, 0.15) is 43.2 Å². The van der Waals surface area contributed by atoms with Crippen molar-refractivity contribution in [2.75, 3.05) is 0 Å². The van der Waals surface area contributed by atoms with E-state index in [1.54, 1.807) is 0 Å². The van der Waals surface area contributed by atoms with Gasteiger partial charge in [0.1, 0.15) is 16.7 Å². The number of rotatable bonds is 5. The van der Waals surface area contributed by atoms with E-state index in [9.17, 15) is 4.79 Å². The van der Waals surface area contributed by atoms with E-state index in [0.717, 1.165) is 29.7 Å². The first-order chi connectivity index (χ1) is 14.1. The van der Waals surface area contributed by atoms with Gasteiger partial charge < -0.3 is 4.74 Å². The van der Waals surface area contributed by atoms with E-state index in [1.807, 2.05) is 59.5 Å². The van der Waals surface area contributed by atoms with Gasteiger partial charge in [-0.15, -0.1) is 0 Å². The molecule has 1 saturated carbocycles. The lowest BCUT2D eigenvalue weighted by molar-refractivity contribution is -0.124. The Morgan fingerprint density at radius 3 is 2.72 bits per heavy atom. The second-order valence-electron chi connectivity index (χ2n) is 7.30. The Hall–Kier alpha value is -1.82. The van der Waals surface area contributed by atoms with Crippen molar-refractivity contribution >= 4 is 51.9 Å². The molecular weight excluding hydrogens is 422 g/mol. The number of halogens is 1. The third-order valence-corrected chi connectivity index (χ3v) is 6.97.